The predicted molar refractivity (Wildman–Crippen MR) is 37.8 cm³/mol. The second-order valence-corrected chi connectivity index (χ2v) is 2.89. The summed E-state index contributed by atoms with van der Waals surface area (Å²) in [4.78, 5) is 10.2. The molecule has 0 aromatic carbocycles. The summed E-state index contributed by atoms with van der Waals surface area (Å²) >= 11 is 0. The van der Waals surface area contributed by atoms with Crippen LogP contribution in [0.4, 0.5) is 0 Å². The van der Waals surface area contributed by atoms with Crippen molar-refractivity contribution in [1.82, 2.24) is 5.32 Å². The second kappa shape index (κ2) is 2.89. The topological polar surface area (TPSA) is 73.1 Å². The Kier molecular flexibility index (Phi) is 2.11. The Morgan fingerprint density at radius 1 is 1.73 bits per heavy atom. The number of nitrogens with one attached hydrogen (secondary N) is 1. The maximum Gasteiger partial charge on any atom is 0.303 e. The van der Waals surface area contributed by atoms with Crippen molar-refractivity contribution in [2.24, 2.45) is 5.41 Å². The van der Waals surface area contributed by atoms with Gasteiger partial charge in [0.15, 0.2) is 0 Å². The fraction of sp³-hybridized carbons (Fsp3) is 0.714. The summed E-state index contributed by atoms with van der Waals surface area (Å²) in [5.41, 5.74) is -0.390. The molecule has 1 saturated heterocycles. The van der Waals surface area contributed by atoms with Crippen molar-refractivity contribution < 1.29 is 9.90 Å². The van der Waals surface area contributed by atoms with E-state index in [1.807, 2.05) is 0 Å². The number of nitriles is 1. The molecule has 0 amide bonds. The summed E-state index contributed by atoms with van der Waals surface area (Å²) in [6, 6.07) is 2.14. The van der Waals surface area contributed by atoms with Crippen molar-refractivity contribution in [2.45, 2.75) is 12.8 Å². The lowest BCUT2D eigenvalue weighted by Crippen LogP contribution is -2.52. The monoisotopic (exact) mass is 154 g/mol. The highest BCUT2D eigenvalue weighted by atomic mass is 16.4. The van der Waals surface area contributed by atoms with Gasteiger partial charge in [-0.3, -0.25) is 4.79 Å². The molecule has 1 aliphatic heterocycles. The highest BCUT2D eigenvalue weighted by Crippen LogP contribution is 2.27. The van der Waals surface area contributed by atoms with Gasteiger partial charge in [0.05, 0.1) is 11.5 Å². The number of carboxylic acid groups (broad SMARTS) is 1. The van der Waals surface area contributed by atoms with Crippen LogP contribution in [0.15, 0.2) is 0 Å². The Labute approximate surface area is 64.8 Å². The molecule has 0 unspecified atom stereocenters. The first-order valence-electron chi connectivity index (χ1n) is 3.52. The molecule has 1 rings (SSSR count). The Morgan fingerprint density at radius 2 is 2.36 bits per heavy atom. The van der Waals surface area contributed by atoms with E-state index in [9.17, 15) is 4.79 Å². The first-order chi connectivity index (χ1) is 5.18. The number of hydrogen-bond donors (Lipinski definition) is 2. The minimum absolute atomic E-state index is 0.0925. The second-order valence-electron chi connectivity index (χ2n) is 2.89. The molecule has 0 atom stereocenters. The van der Waals surface area contributed by atoms with E-state index in [0.29, 0.717) is 19.5 Å². The molecule has 60 valence electrons. The fourth-order valence-corrected chi connectivity index (χ4v) is 1.08. The largest absolute Gasteiger partial charge is 0.481 e. The van der Waals surface area contributed by atoms with E-state index in [-0.39, 0.29) is 6.42 Å². The summed E-state index contributed by atoms with van der Waals surface area (Å²) in [6.07, 6.45) is 0.557. The number of nitrogens with zero attached hydrogens (tertiary/aromatic N) is 1. The van der Waals surface area contributed by atoms with Crippen LogP contribution in [-0.4, -0.2) is 24.2 Å². The Bertz CT molecular complexity index is 203. The Balaban J connectivity index is 2.35. The number of rotatable bonds is 3. The van der Waals surface area contributed by atoms with Gasteiger partial charge < -0.3 is 10.4 Å². The molecule has 0 aliphatic carbocycles. The van der Waals surface area contributed by atoms with Gasteiger partial charge in [0.25, 0.3) is 0 Å². The third-order valence-corrected chi connectivity index (χ3v) is 1.98. The molecule has 0 radical (unpaired) electrons. The lowest BCUT2D eigenvalue weighted by Gasteiger charge is -2.35. The zero-order valence-corrected chi connectivity index (χ0v) is 6.13. The highest BCUT2D eigenvalue weighted by Gasteiger charge is 2.36. The van der Waals surface area contributed by atoms with Gasteiger partial charge in [-0.1, -0.05) is 0 Å². The van der Waals surface area contributed by atoms with Gasteiger partial charge in [-0.2, -0.15) is 5.26 Å². The van der Waals surface area contributed by atoms with Crippen LogP contribution in [0.2, 0.25) is 0 Å². The average molecular weight is 154 g/mol. The van der Waals surface area contributed by atoms with Crippen LogP contribution < -0.4 is 5.32 Å². The summed E-state index contributed by atoms with van der Waals surface area (Å²) in [7, 11) is 0. The van der Waals surface area contributed by atoms with Crippen LogP contribution in [0.3, 0.4) is 0 Å². The van der Waals surface area contributed by atoms with E-state index in [2.05, 4.69) is 11.4 Å². The van der Waals surface area contributed by atoms with Gasteiger partial charge >= 0.3 is 5.97 Å². The molecule has 0 aromatic heterocycles. The number of aliphatic carboxylic acids is 1. The minimum atomic E-state index is -0.827. The van der Waals surface area contributed by atoms with E-state index < -0.39 is 11.4 Å². The molecular formula is C7H10N2O2. The molecule has 1 fully saturated rings. The van der Waals surface area contributed by atoms with Crippen molar-refractivity contribution in [2.75, 3.05) is 13.1 Å². The molecule has 0 aromatic rings. The minimum Gasteiger partial charge on any atom is -0.481 e. The molecule has 4 nitrogen and oxygen atoms in total. The molecule has 0 spiro atoms. The molecular weight excluding hydrogens is 144 g/mol. The first kappa shape index (κ1) is 8.02. The smallest absolute Gasteiger partial charge is 0.303 e. The third-order valence-electron chi connectivity index (χ3n) is 1.98. The van der Waals surface area contributed by atoms with E-state index >= 15 is 0 Å². The first-order valence-corrected chi connectivity index (χ1v) is 3.52. The van der Waals surface area contributed by atoms with Gasteiger partial charge in [-0.15, -0.1) is 0 Å². The van der Waals surface area contributed by atoms with Crippen molar-refractivity contribution in [3.8, 4) is 6.07 Å². The van der Waals surface area contributed by atoms with E-state index in [1.165, 1.54) is 0 Å². The van der Waals surface area contributed by atoms with E-state index in [0.717, 1.165) is 0 Å². The van der Waals surface area contributed by atoms with Crippen LogP contribution in [0, 0.1) is 16.7 Å². The number of carboxylic acids is 1. The van der Waals surface area contributed by atoms with Crippen LogP contribution in [-0.2, 0) is 4.79 Å². The summed E-state index contributed by atoms with van der Waals surface area (Å²) < 4.78 is 0. The molecule has 11 heavy (non-hydrogen) atoms. The maximum atomic E-state index is 10.2. The molecule has 2 N–H and O–H groups in total. The van der Waals surface area contributed by atoms with Gasteiger partial charge in [0.2, 0.25) is 0 Å². The number of hydrogen-bond acceptors (Lipinski definition) is 3. The standard InChI is InChI=1S/C7H10N2O2/c8-3-7(4-9-5-7)2-1-6(10)11/h9H,1-2,4-5H2,(H,10,11). The van der Waals surface area contributed by atoms with Crippen LogP contribution >= 0.6 is 0 Å². The summed E-state index contributed by atoms with van der Waals surface area (Å²) in [5.74, 6) is -0.827. The summed E-state index contributed by atoms with van der Waals surface area (Å²) in [6.45, 7) is 1.27. The molecule has 0 bridgehead atoms. The van der Waals surface area contributed by atoms with Crippen molar-refractivity contribution in [1.29, 1.82) is 5.26 Å². The lowest BCUT2D eigenvalue weighted by atomic mass is 9.79. The zero-order chi connectivity index (χ0) is 8.32. The van der Waals surface area contributed by atoms with Crippen LogP contribution in [0.5, 0.6) is 0 Å². The molecule has 4 heteroatoms. The van der Waals surface area contributed by atoms with Crippen LogP contribution in [0.1, 0.15) is 12.8 Å². The van der Waals surface area contributed by atoms with E-state index in [1.54, 1.807) is 0 Å². The quantitative estimate of drug-likeness (QED) is 0.598. The molecule has 1 aliphatic rings. The predicted octanol–water partition coefficient (Wildman–Crippen LogP) is -0.0356. The Morgan fingerprint density at radius 3 is 2.64 bits per heavy atom. The maximum absolute atomic E-state index is 10.2. The highest BCUT2D eigenvalue weighted by molar-refractivity contribution is 5.66. The molecule has 1 heterocycles. The Hall–Kier alpha value is -1.08. The van der Waals surface area contributed by atoms with Crippen molar-refractivity contribution >= 4 is 5.97 Å². The van der Waals surface area contributed by atoms with Crippen LogP contribution in [0.25, 0.3) is 0 Å². The van der Waals surface area contributed by atoms with E-state index in [4.69, 9.17) is 10.4 Å². The van der Waals surface area contributed by atoms with Gasteiger partial charge in [-0.05, 0) is 6.42 Å². The SMILES string of the molecule is N#CC1(CCC(=O)O)CNC1. The zero-order valence-electron chi connectivity index (χ0n) is 6.13. The van der Waals surface area contributed by atoms with Gasteiger partial charge in [0.1, 0.15) is 0 Å². The van der Waals surface area contributed by atoms with Gasteiger partial charge in [0, 0.05) is 19.5 Å². The van der Waals surface area contributed by atoms with Crippen molar-refractivity contribution in [3.05, 3.63) is 0 Å². The normalized spacial score (nSPS) is 19.9. The lowest BCUT2D eigenvalue weighted by molar-refractivity contribution is -0.137. The fourth-order valence-electron chi connectivity index (χ4n) is 1.08. The summed E-state index contributed by atoms with van der Waals surface area (Å²) in [5, 5.41) is 20.0. The molecule has 0 saturated carbocycles. The average Bonchev–Trinajstić information content (AvgIpc) is 1.86. The van der Waals surface area contributed by atoms with Crippen molar-refractivity contribution in [3.63, 3.8) is 0 Å². The van der Waals surface area contributed by atoms with Gasteiger partial charge in [-0.25, -0.2) is 0 Å². The number of carbonyl (C=O) groups is 1. The third kappa shape index (κ3) is 1.69.